The third kappa shape index (κ3) is 5.21. The number of sulfonamides is 1. The van der Waals surface area contributed by atoms with Crippen LogP contribution in [-0.4, -0.2) is 58.8 Å². The van der Waals surface area contributed by atoms with Gasteiger partial charge in [-0.15, -0.1) is 10.2 Å². The number of nitrogens with one attached hydrogen (secondary N) is 1. The molecule has 1 aliphatic carbocycles. The van der Waals surface area contributed by atoms with Crippen molar-refractivity contribution in [2.24, 2.45) is 0 Å². The molecule has 168 valence electrons. The van der Waals surface area contributed by atoms with Crippen LogP contribution in [0.15, 0.2) is 34.6 Å². The Kier molecular flexibility index (Phi) is 6.83. The first-order valence-electron chi connectivity index (χ1n) is 10.6. The summed E-state index contributed by atoms with van der Waals surface area (Å²) in [6.07, 6.45) is 6.68. The maximum atomic E-state index is 13.0. The van der Waals surface area contributed by atoms with Crippen molar-refractivity contribution in [3.05, 3.63) is 24.5 Å². The Morgan fingerprint density at radius 2 is 2.03 bits per heavy atom. The highest BCUT2D eigenvalue weighted by Crippen LogP contribution is 2.37. The van der Waals surface area contributed by atoms with Gasteiger partial charge in [-0.2, -0.15) is 4.31 Å². The van der Waals surface area contributed by atoms with E-state index >= 15 is 0 Å². The van der Waals surface area contributed by atoms with Gasteiger partial charge in [-0.1, -0.05) is 18.2 Å². The van der Waals surface area contributed by atoms with E-state index in [0.29, 0.717) is 42.3 Å². The second-order valence-electron chi connectivity index (χ2n) is 7.64. The lowest BCUT2D eigenvalue weighted by Crippen LogP contribution is -2.35. The lowest BCUT2D eigenvalue weighted by Gasteiger charge is -2.26. The van der Waals surface area contributed by atoms with E-state index in [1.165, 1.54) is 28.2 Å². The van der Waals surface area contributed by atoms with E-state index in [-0.39, 0.29) is 16.6 Å². The monoisotopic (exact) mass is 465 g/mol. The fraction of sp³-hybridized carbons (Fsp3) is 0.550. The van der Waals surface area contributed by atoms with Crippen molar-refractivity contribution in [2.75, 3.05) is 30.8 Å². The minimum Gasteiger partial charge on any atom is -0.492 e. The molecule has 0 bridgehead atoms. The number of nitrogens with zero attached hydrogens (tertiary/aromatic N) is 4. The number of carbonyl (C=O) groups excluding carboxylic acids is 1. The van der Waals surface area contributed by atoms with Gasteiger partial charge >= 0.3 is 0 Å². The summed E-state index contributed by atoms with van der Waals surface area (Å²) in [7, 11) is -3.61. The molecule has 9 nitrogen and oxygen atoms in total. The van der Waals surface area contributed by atoms with E-state index in [0.717, 1.165) is 32.1 Å². The summed E-state index contributed by atoms with van der Waals surface area (Å²) in [6.45, 7) is 3.29. The summed E-state index contributed by atoms with van der Waals surface area (Å²) in [4.78, 5) is 12.8. The number of benzene rings is 1. The van der Waals surface area contributed by atoms with Gasteiger partial charge in [-0.3, -0.25) is 4.79 Å². The molecule has 0 spiro atoms. The Balaban J connectivity index is 1.48. The zero-order valence-electron chi connectivity index (χ0n) is 17.5. The van der Waals surface area contributed by atoms with Crippen LogP contribution in [0.2, 0.25) is 0 Å². The van der Waals surface area contributed by atoms with E-state index in [9.17, 15) is 13.2 Å². The van der Waals surface area contributed by atoms with Crippen LogP contribution in [0.5, 0.6) is 5.75 Å². The second kappa shape index (κ2) is 9.58. The van der Waals surface area contributed by atoms with Gasteiger partial charge in [0.05, 0.1) is 22.9 Å². The van der Waals surface area contributed by atoms with Crippen LogP contribution in [-0.2, 0) is 14.8 Å². The van der Waals surface area contributed by atoms with Crippen molar-refractivity contribution in [1.29, 1.82) is 0 Å². The molecular weight excluding hydrogens is 438 g/mol. The minimum atomic E-state index is -3.61. The van der Waals surface area contributed by atoms with Gasteiger partial charge < -0.3 is 14.6 Å². The second-order valence-corrected chi connectivity index (χ2v) is 10.5. The number of hydrogen-bond acceptors (Lipinski definition) is 7. The fourth-order valence-electron chi connectivity index (χ4n) is 3.56. The van der Waals surface area contributed by atoms with Gasteiger partial charge in [0, 0.05) is 19.1 Å². The fourth-order valence-corrected chi connectivity index (χ4v) is 5.88. The first-order chi connectivity index (χ1) is 15.0. The predicted octanol–water partition coefficient (Wildman–Crippen LogP) is 2.92. The maximum absolute atomic E-state index is 13.0. The molecule has 1 saturated heterocycles. The Hall–Kier alpha value is -2.11. The van der Waals surface area contributed by atoms with E-state index in [1.54, 1.807) is 12.4 Å². The van der Waals surface area contributed by atoms with Crippen LogP contribution in [0, 0.1) is 0 Å². The number of amides is 1. The maximum Gasteiger partial charge on any atom is 0.243 e. The molecule has 1 saturated carbocycles. The average molecular weight is 466 g/mol. The van der Waals surface area contributed by atoms with Gasteiger partial charge in [0.15, 0.2) is 5.16 Å². The van der Waals surface area contributed by atoms with E-state index in [2.05, 4.69) is 15.5 Å². The summed E-state index contributed by atoms with van der Waals surface area (Å²) in [5.41, 5.74) is 0.356. The van der Waals surface area contributed by atoms with E-state index < -0.39 is 10.0 Å². The van der Waals surface area contributed by atoms with E-state index in [1.807, 2.05) is 11.5 Å². The normalized spacial score (nSPS) is 17.5. The summed E-state index contributed by atoms with van der Waals surface area (Å²) < 4.78 is 35.2. The predicted molar refractivity (Wildman–Crippen MR) is 118 cm³/mol. The minimum absolute atomic E-state index is 0.139. The lowest BCUT2D eigenvalue weighted by atomic mass is 10.2. The molecule has 0 atom stereocenters. The molecule has 1 N–H and O–H groups in total. The Bertz CT molecular complexity index is 1030. The molecule has 31 heavy (non-hydrogen) atoms. The van der Waals surface area contributed by atoms with Crippen LogP contribution < -0.4 is 10.1 Å². The number of piperidine rings is 1. The van der Waals surface area contributed by atoms with Crippen molar-refractivity contribution in [2.45, 2.75) is 55.1 Å². The molecular formula is C20H27N5O4S2. The SMILES string of the molecule is CCOc1ccc(S(=O)(=O)N2CCCCC2)cc1NC(=O)CSc1nncn1C1CC1. The molecule has 0 radical (unpaired) electrons. The topological polar surface area (TPSA) is 106 Å². The quantitative estimate of drug-likeness (QED) is 0.568. The molecule has 0 unspecified atom stereocenters. The standard InChI is InChI=1S/C20H27N5O4S2/c1-2-29-18-9-8-16(31(27,28)24-10-4-3-5-11-24)12-17(18)22-19(26)13-30-20-23-21-14-25(20)15-6-7-15/h8-9,12,14-15H,2-7,10-11,13H2,1H3,(H,22,26). The third-order valence-corrected chi connectivity index (χ3v) is 8.14. The van der Waals surface area contributed by atoms with Crippen molar-refractivity contribution in [3.63, 3.8) is 0 Å². The molecule has 2 fully saturated rings. The lowest BCUT2D eigenvalue weighted by molar-refractivity contribution is -0.113. The number of carbonyl (C=O) groups is 1. The number of thioether (sulfide) groups is 1. The number of aromatic nitrogens is 3. The number of ether oxygens (including phenoxy) is 1. The van der Waals surface area contributed by atoms with Crippen LogP contribution in [0.4, 0.5) is 5.69 Å². The van der Waals surface area contributed by atoms with Crippen molar-refractivity contribution < 1.29 is 17.9 Å². The number of hydrogen-bond donors (Lipinski definition) is 1. The van der Waals surface area contributed by atoms with Gasteiger partial charge in [-0.25, -0.2) is 8.42 Å². The molecule has 1 amide bonds. The molecule has 2 aromatic rings. The molecule has 1 aliphatic heterocycles. The van der Waals surface area contributed by atoms with Crippen LogP contribution in [0.3, 0.4) is 0 Å². The molecule has 2 heterocycles. The average Bonchev–Trinajstić information content (AvgIpc) is 3.51. The smallest absolute Gasteiger partial charge is 0.243 e. The van der Waals surface area contributed by atoms with Crippen LogP contribution in [0.1, 0.15) is 45.1 Å². The first kappa shape index (κ1) is 22.1. The highest BCUT2D eigenvalue weighted by molar-refractivity contribution is 7.99. The zero-order valence-corrected chi connectivity index (χ0v) is 19.1. The molecule has 11 heteroatoms. The molecule has 4 rings (SSSR count). The highest BCUT2D eigenvalue weighted by atomic mass is 32.2. The summed E-state index contributed by atoms with van der Waals surface area (Å²) in [5.74, 6) is 0.323. The molecule has 1 aromatic heterocycles. The molecule has 2 aliphatic rings. The first-order valence-corrected chi connectivity index (χ1v) is 13.0. The third-order valence-electron chi connectivity index (χ3n) is 5.29. The number of rotatable bonds is 9. The van der Waals surface area contributed by atoms with E-state index in [4.69, 9.17) is 4.74 Å². The number of anilines is 1. The van der Waals surface area contributed by atoms with Gasteiger partial charge in [0.2, 0.25) is 15.9 Å². The van der Waals surface area contributed by atoms with Crippen molar-refractivity contribution >= 4 is 33.4 Å². The Morgan fingerprint density at radius 3 is 2.74 bits per heavy atom. The zero-order chi connectivity index (χ0) is 21.8. The molecule has 1 aromatic carbocycles. The van der Waals surface area contributed by atoms with Gasteiger partial charge in [0.1, 0.15) is 12.1 Å². The Labute approximate surface area is 186 Å². The van der Waals surface area contributed by atoms with Crippen molar-refractivity contribution in [1.82, 2.24) is 19.1 Å². The van der Waals surface area contributed by atoms with Gasteiger partial charge in [0.25, 0.3) is 0 Å². The van der Waals surface area contributed by atoms with Crippen molar-refractivity contribution in [3.8, 4) is 5.75 Å². The van der Waals surface area contributed by atoms with Crippen LogP contribution >= 0.6 is 11.8 Å². The summed E-state index contributed by atoms with van der Waals surface area (Å²) >= 11 is 1.31. The highest BCUT2D eigenvalue weighted by Gasteiger charge is 2.28. The van der Waals surface area contributed by atoms with Gasteiger partial charge in [-0.05, 0) is 50.8 Å². The largest absolute Gasteiger partial charge is 0.492 e. The summed E-state index contributed by atoms with van der Waals surface area (Å²) in [6, 6.07) is 5.07. The Morgan fingerprint density at radius 1 is 1.26 bits per heavy atom. The van der Waals surface area contributed by atoms with Crippen LogP contribution in [0.25, 0.3) is 0 Å². The summed E-state index contributed by atoms with van der Waals surface area (Å²) in [5, 5.41) is 11.5.